The molecule has 3 aromatic rings. The Kier molecular flexibility index (Phi) is 5.92. The Bertz CT molecular complexity index is 883. The minimum atomic E-state index is 0.490. The normalized spacial score (nSPS) is 11.1. The van der Waals surface area contributed by atoms with Crippen LogP contribution in [0.25, 0.3) is 0 Å². The number of anilines is 1. The van der Waals surface area contributed by atoms with Gasteiger partial charge in [0.05, 0.1) is 15.7 Å². The maximum Gasteiger partial charge on any atom is 0.123 e. The van der Waals surface area contributed by atoms with Crippen molar-refractivity contribution in [1.29, 1.82) is 0 Å². The maximum atomic E-state index is 6.20. The zero-order chi connectivity index (χ0) is 18.5. The summed E-state index contributed by atoms with van der Waals surface area (Å²) in [6.07, 6.45) is 0. The van der Waals surface area contributed by atoms with Crippen molar-refractivity contribution < 1.29 is 0 Å². The molecule has 5 heteroatoms. The van der Waals surface area contributed by atoms with Gasteiger partial charge in [0, 0.05) is 19.3 Å². The molecule has 0 unspecified atom stereocenters. The molecule has 0 radical (unpaired) electrons. The van der Waals surface area contributed by atoms with E-state index in [4.69, 9.17) is 23.2 Å². The molecule has 0 aliphatic heterocycles. The fourth-order valence-electron chi connectivity index (χ4n) is 2.62. The summed E-state index contributed by atoms with van der Waals surface area (Å²) in [7, 11) is 2.06. The van der Waals surface area contributed by atoms with E-state index < -0.39 is 0 Å². The smallest absolute Gasteiger partial charge is 0.123 e. The van der Waals surface area contributed by atoms with E-state index >= 15 is 0 Å². The Morgan fingerprint density at radius 1 is 0.846 bits per heavy atom. The highest BCUT2D eigenvalue weighted by Gasteiger charge is 2.06. The first kappa shape index (κ1) is 18.4. The lowest BCUT2D eigenvalue weighted by atomic mass is 10.2. The number of rotatable bonds is 5. The molecule has 26 heavy (non-hydrogen) atoms. The van der Waals surface area contributed by atoms with Crippen molar-refractivity contribution in [3.05, 3.63) is 87.9 Å². The summed E-state index contributed by atoms with van der Waals surface area (Å²) in [5, 5.41) is 9.45. The van der Waals surface area contributed by atoms with Gasteiger partial charge < -0.3 is 4.90 Å². The van der Waals surface area contributed by atoms with Crippen LogP contribution in [-0.4, -0.2) is 7.05 Å². The molecular weight excluding hydrogens is 365 g/mol. The van der Waals surface area contributed by atoms with Crippen LogP contribution in [0.1, 0.15) is 11.1 Å². The number of aryl methyl sites for hydroxylation is 1. The van der Waals surface area contributed by atoms with Crippen molar-refractivity contribution in [3.63, 3.8) is 0 Å². The molecule has 132 valence electrons. The second-order valence-electron chi connectivity index (χ2n) is 6.14. The maximum absolute atomic E-state index is 6.20. The van der Waals surface area contributed by atoms with Gasteiger partial charge in [-0.05, 0) is 54.4 Å². The largest absolute Gasteiger partial charge is 0.370 e. The van der Waals surface area contributed by atoms with Gasteiger partial charge in [0.1, 0.15) is 5.69 Å². The summed E-state index contributed by atoms with van der Waals surface area (Å²) >= 11 is 12.4. The predicted molar refractivity (Wildman–Crippen MR) is 110 cm³/mol. The zero-order valence-corrected chi connectivity index (χ0v) is 16.2. The molecule has 0 atom stereocenters. The zero-order valence-electron chi connectivity index (χ0n) is 14.7. The van der Waals surface area contributed by atoms with Crippen molar-refractivity contribution >= 4 is 40.3 Å². The Morgan fingerprint density at radius 3 is 2.08 bits per heavy atom. The van der Waals surface area contributed by atoms with E-state index in [1.807, 2.05) is 61.5 Å². The molecule has 0 spiro atoms. The van der Waals surface area contributed by atoms with Gasteiger partial charge in [-0.1, -0.05) is 53.5 Å². The third-order valence-corrected chi connectivity index (χ3v) is 4.56. The molecule has 0 fully saturated rings. The van der Waals surface area contributed by atoms with Crippen molar-refractivity contribution in [1.82, 2.24) is 0 Å². The summed E-state index contributed by atoms with van der Waals surface area (Å²) in [5.41, 5.74) is 4.60. The molecule has 0 aliphatic carbocycles. The molecule has 3 aromatic carbocycles. The van der Waals surface area contributed by atoms with Crippen molar-refractivity contribution in [2.75, 3.05) is 11.9 Å². The van der Waals surface area contributed by atoms with Gasteiger partial charge in [-0.3, -0.25) is 0 Å². The van der Waals surface area contributed by atoms with Gasteiger partial charge in [-0.15, -0.1) is 5.11 Å². The third kappa shape index (κ3) is 4.63. The Morgan fingerprint density at radius 2 is 1.46 bits per heavy atom. The van der Waals surface area contributed by atoms with Crippen LogP contribution in [0.2, 0.25) is 10.0 Å². The van der Waals surface area contributed by atoms with Gasteiger partial charge >= 0.3 is 0 Å². The minimum absolute atomic E-state index is 0.490. The van der Waals surface area contributed by atoms with E-state index in [9.17, 15) is 0 Å². The lowest BCUT2D eigenvalue weighted by Gasteiger charge is -2.19. The molecule has 0 N–H and O–H groups in total. The number of azo groups is 1. The average Bonchev–Trinajstić information content (AvgIpc) is 2.62. The molecule has 0 aliphatic rings. The molecular formula is C21H19Cl2N3. The van der Waals surface area contributed by atoms with Crippen LogP contribution < -0.4 is 4.90 Å². The number of nitrogens with zero attached hydrogens (tertiary/aromatic N) is 3. The highest BCUT2D eigenvalue weighted by molar-refractivity contribution is 6.38. The summed E-state index contributed by atoms with van der Waals surface area (Å²) in [4.78, 5) is 2.18. The van der Waals surface area contributed by atoms with Gasteiger partial charge in [-0.2, -0.15) is 5.11 Å². The molecule has 3 rings (SSSR count). The number of hydrogen-bond acceptors (Lipinski definition) is 3. The fraction of sp³-hybridized carbons (Fsp3) is 0.143. The third-order valence-electron chi connectivity index (χ3n) is 3.98. The first-order valence-corrected chi connectivity index (χ1v) is 9.01. The first-order chi connectivity index (χ1) is 12.5. The predicted octanol–water partition coefficient (Wildman–Crippen LogP) is 7.35. The standard InChI is InChI=1S/C21H19Cl2N3/c1-15-12-19(22)21(20(23)13-15)25-24-17-8-10-18(11-9-17)26(2)14-16-6-4-3-5-7-16/h3-13H,14H2,1-2H3. The second kappa shape index (κ2) is 8.35. The second-order valence-corrected chi connectivity index (χ2v) is 6.95. The van der Waals surface area contributed by atoms with E-state index in [-0.39, 0.29) is 0 Å². The highest BCUT2D eigenvalue weighted by Crippen LogP contribution is 2.35. The van der Waals surface area contributed by atoms with Gasteiger partial charge in [0.2, 0.25) is 0 Å². The van der Waals surface area contributed by atoms with Crippen LogP contribution in [0.15, 0.2) is 77.0 Å². The molecule has 0 saturated heterocycles. The van der Waals surface area contributed by atoms with Crippen LogP contribution in [0.3, 0.4) is 0 Å². The highest BCUT2D eigenvalue weighted by atomic mass is 35.5. The fourth-order valence-corrected chi connectivity index (χ4v) is 3.29. The van der Waals surface area contributed by atoms with E-state index in [1.165, 1.54) is 5.56 Å². The Balaban J connectivity index is 1.72. The van der Waals surface area contributed by atoms with Crippen LogP contribution in [-0.2, 0) is 6.54 Å². The summed E-state index contributed by atoms with van der Waals surface area (Å²) in [5.74, 6) is 0. The van der Waals surface area contributed by atoms with E-state index in [0.717, 1.165) is 23.5 Å². The van der Waals surface area contributed by atoms with Crippen LogP contribution >= 0.6 is 23.2 Å². The summed E-state index contributed by atoms with van der Waals surface area (Å²) in [6, 6.07) is 21.9. The molecule has 0 aromatic heterocycles. The topological polar surface area (TPSA) is 28.0 Å². The van der Waals surface area contributed by atoms with E-state index in [0.29, 0.717) is 15.7 Å². The Labute approximate surface area is 163 Å². The molecule has 0 bridgehead atoms. The number of benzene rings is 3. The molecule has 0 heterocycles. The minimum Gasteiger partial charge on any atom is -0.370 e. The summed E-state index contributed by atoms with van der Waals surface area (Å²) < 4.78 is 0. The quantitative estimate of drug-likeness (QED) is 0.423. The van der Waals surface area contributed by atoms with Gasteiger partial charge in [0.25, 0.3) is 0 Å². The monoisotopic (exact) mass is 383 g/mol. The van der Waals surface area contributed by atoms with Crippen LogP contribution in [0.4, 0.5) is 17.1 Å². The number of hydrogen-bond donors (Lipinski definition) is 0. The summed E-state index contributed by atoms with van der Waals surface area (Å²) in [6.45, 7) is 2.78. The van der Waals surface area contributed by atoms with Gasteiger partial charge in [0.15, 0.2) is 0 Å². The van der Waals surface area contributed by atoms with Crippen LogP contribution in [0.5, 0.6) is 0 Å². The SMILES string of the molecule is Cc1cc(Cl)c(N=Nc2ccc(N(C)Cc3ccccc3)cc2)c(Cl)c1. The molecule has 0 amide bonds. The van der Waals surface area contributed by atoms with Crippen molar-refractivity contribution in [2.24, 2.45) is 10.2 Å². The van der Waals surface area contributed by atoms with Gasteiger partial charge in [-0.25, -0.2) is 0 Å². The van der Waals surface area contributed by atoms with E-state index in [2.05, 4.69) is 34.3 Å². The van der Waals surface area contributed by atoms with Crippen molar-refractivity contribution in [3.8, 4) is 0 Å². The Hall–Kier alpha value is -2.36. The first-order valence-electron chi connectivity index (χ1n) is 8.25. The van der Waals surface area contributed by atoms with Crippen molar-refractivity contribution in [2.45, 2.75) is 13.5 Å². The van der Waals surface area contributed by atoms with Crippen LogP contribution in [0, 0.1) is 6.92 Å². The van der Waals surface area contributed by atoms with E-state index in [1.54, 1.807) is 0 Å². The molecule has 3 nitrogen and oxygen atoms in total. The lowest BCUT2D eigenvalue weighted by molar-refractivity contribution is 0.923. The molecule has 0 saturated carbocycles. The lowest BCUT2D eigenvalue weighted by Crippen LogP contribution is -2.15. The average molecular weight is 384 g/mol. The number of halogens is 2.